The fraction of sp³-hybridized carbons (Fsp3) is 0.308. The third kappa shape index (κ3) is 3.38. The Morgan fingerprint density at radius 1 is 1.29 bits per heavy atom. The molecule has 8 heteroatoms. The number of imide groups is 2. The summed E-state index contributed by atoms with van der Waals surface area (Å²) < 4.78 is 11.8. The van der Waals surface area contributed by atoms with E-state index in [0.29, 0.717) is 10.0 Å². The van der Waals surface area contributed by atoms with Crippen LogP contribution in [0.1, 0.15) is 11.5 Å². The van der Waals surface area contributed by atoms with Crippen molar-refractivity contribution in [2.75, 3.05) is 18.6 Å². The van der Waals surface area contributed by atoms with Gasteiger partial charge in [0.05, 0.1) is 0 Å². The Bertz CT molecular complexity index is 634. The summed E-state index contributed by atoms with van der Waals surface area (Å²) in [4.78, 5) is 37.1. The first-order valence-corrected chi connectivity index (χ1v) is 8.64. The summed E-state index contributed by atoms with van der Waals surface area (Å²) in [6.45, 7) is 0.0159. The van der Waals surface area contributed by atoms with E-state index in [-0.39, 0.29) is 12.3 Å². The van der Waals surface area contributed by atoms with Gasteiger partial charge in [0.25, 0.3) is 0 Å². The van der Waals surface area contributed by atoms with E-state index >= 15 is 0 Å². The molecule has 1 saturated heterocycles. The van der Waals surface area contributed by atoms with Crippen molar-refractivity contribution in [3.8, 4) is 0 Å². The lowest BCUT2D eigenvalue weighted by molar-refractivity contribution is -0.138. The van der Waals surface area contributed by atoms with Crippen LogP contribution < -0.4 is 5.32 Å². The zero-order valence-corrected chi connectivity index (χ0v) is 13.6. The van der Waals surface area contributed by atoms with Crippen LogP contribution in [0.3, 0.4) is 0 Å². The number of hydrogen-bond acceptors (Lipinski definition) is 4. The minimum atomic E-state index is -1.13. The maximum atomic E-state index is 12.4. The monoisotopic (exact) mass is 372 g/mol. The predicted molar refractivity (Wildman–Crippen MR) is 81.1 cm³/mol. The second-order valence-electron chi connectivity index (χ2n) is 4.52. The fourth-order valence-corrected chi connectivity index (χ4v) is 2.98. The third-order valence-corrected chi connectivity index (χ3v) is 4.55. The highest BCUT2D eigenvalue weighted by Gasteiger charge is 2.41. The first kappa shape index (κ1) is 15.8. The molecule has 2 rings (SSSR count). The second-order valence-corrected chi connectivity index (χ2v) is 6.93. The van der Waals surface area contributed by atoms with Crippen molar-refractivity contribution in [2.24, 2.45) is 0 Å². The molecule has 2 unspecified atom stereocenters. The highest BCUT2D eigenvalue weighted by Crippen LogP contribution is 2.28. The molecule has 2 atom stereocenters. The van der Waals surface area contributed by atoms with Crippen LogP contribution in [0.4, 0.5) is 4.79 Å². The summed E-state index contributed by atoms with van der Waals surface area (Å²) in [5, 5.41) is 2.17. The van der Waals surface area contributed by atoms with E-state index in [4.69, 9.17) is 0 Å². The van der Waals surface area contributed by atoms with E-state index in [1.54, 1.807) is 24.3 Å². The molecule has 1 aliphatic rings. The third-order valence-electron chi connectivity index (χ3n) is 3.07. The Hall–Kier alpha value is -1.54. The first-order chi connectivity index (χ1) is 9.91. The molecule has 0 aromatic heterocycles. The molecule has 1 heterocycles. The summed E-state index contributed by atoms with van der Waals surface area (Å²) in [6, 6.07) is 6.08. The normalized spacial score (nSPS) is 20.4. The Balaban J connectivity index is 2.31. The zero-order valence-electron chi connectivity index (χ0n) is 11.2. The van der Waals surface area contributed by atoms with Crippen LogP contribution in [-0.2, 0) is 20.4 Å². The van der Waals surface area contributed by atoms with Crippen LogP contribution in [0, 0.1) is 0 Å². The molecule has 0 aliphatic carbocycles. The highest BCUT2D eigenvalue weighted by atomic mass is 79.9. The molecule has 0 saturated carbocycles. The Morgan fingerprint density at radius 3 is 2.57 bits per heavy atom. The van der Waals surface area contributed by atoms with E-state index in [1.165, 1.54) is 6.26 Å². The van der Waals surface area contributed by atoms with Crippen molar-refractivity contribution >= 4 is 44.6 Å². The Labute approximate surface area is 132 Å². The molecule has 1 aromatic carbocycles. The number of rotatable bonds is 4. The van der Waals surface area contributed by atoms with Crippen LogP contribution in [0.15, 0.2) is 28.7 Å². The predicted octanol–water partition coefficient (Wildman–Crippen LogP) is 0.990. The van der Waals surface area contributed by atoms with Crippen LogP contribution in [-0.4, -0.2) is 45.5 Å². The molecule has 6 nitrogen and oxygen atoms in total. The minimum absolute atomic E-state index is 0.0159. The Morgan fingerprint density at radius 2 is 1.95 bits per heavy atom. The van der Waals surface area contributed by atoms with Gasteiger partial charge in [-0.1, -0.05) is 34.1 Å². The fourth-order valence-electron chi connectivity index (χ4n) is 2.03. The van der Waals surface area contributed by atoms with Gasteiger partial charge in [-0.05, 0) is 11.6 Å². The van der Waals surface area contributed by atoms with E-state index in [1.807, 2.05) is 0 Å². The molecular formula is C13H13BrN2O4S. The van der Waals surface area contributed by atoms with Crippen LogP contribution in [0.25, 0.3) is 0 Å². The van der Waals surface area contributed by atoms with Crippen molar-refractivity contribution in [1.29, 1.82) is 0 Å². The zero-order chi connectivity index (χ0) is 15.6. The SMILES string of the molecule is CS(=O)CCN1C(=O)NC(=O)C(c2ccccc2Br)C1=O. The maximum Gasteiger partial charge on any atom is 0.330 e. The van der Waals surface area contributed by atoms with Crippen LogP contribution in [0.2, 0.25) is 0 Å². The van der Waals surface area contributed by atoms with E-state index in [0.717, 1.165) is 4.90 Å². The number of urea groups is 1. The second kappa shape index (κ2) is 6.48. The summed E-state index contributed by atoms with van der Waals surface area (Å²) in [7, 11) is -1.13. The highest BCUT2D eigenvalue weighted by molar-refractivity contribution is 9.10. The van der Waals surface area contributed by atoms with Crippen molar-refractivity contribution in [3.63, 3.8) is 0 Å². The lowest BCUT2D eigenvalue weighted by atomic mass is 9.95. The van der Waals surface area contributed by atoms with Crippen molar-refractivity contribution in [2.45, 2.75) is 5.92 Å². The molecule has 4 amide bonds. The van der Waals surface area contributed by atoms with Gasteiger partial charge in [-0.15, -0.1) is 0 Å². The standard InChI is InChI=1S/C13H13BrN2O4S/c1-21(20)7-6-16-12(18)10(11(17)15-13(16)19)8-4-2-3-5-9(8)14/h2-5,10H,6-7H2,1H3,(H,15,17,19). The average molecular weight is 373 g/mol. The lowest BCUT2D eigenvalue weighted by Crippen LogP contribution is -2.57. The number of barbiturate groups is 1. The van der Waals surface area contributed by atoms with Crippen molar-refractivity contribution in [3.05, 3.63) is 34.3 Å². The minimum Gasteiger partial charge on any atom is -0.277 e. The van der Waals surface area contributed by atoms with Gasteiger partial charge in [-0.2, -0.15) is 0 Å². The smallest absolute Gasteiger partial charge is 0.277 e. The van der Waals surface area contributed by atoms with Gasteiger partial charge in [-0.3, -0.25) is 24.0 Å². The average Bonchev–Trinajstić information content (AvgIpc) is 2.40. The summed E-state index contributed by atoms with van der Waals surface area (Å²) in [6.07, 6.45) is 1.49. The number of nitrogens with one attached hydrogen (secondary N) is 1. The molecule has 21 heavy (non-hydrogen) atoms. The molecule has 0 spiro atoms. The molecule has 1 aliphatic heterocycles. The van der Waals surface area contributed by atoms with E-state index < -0.39 is 34.6 Å². The Kier molecular flexibility index (Phi) is 4.89. The number of hydrogen-bond donors (Lipinski definition) is 1. The van der Waals surface area contributed by atoms with Crippen molar-refractivity contribution in [1.82, 2.24) is 10.2 Å². The number of carbonyl (C=O) groups excluding carboxylic acids is 3. The van der Waals surface area contributed by atoms with Crippen LogP contribution in [0.5, 0.6) is 0 Å². The molecule has 1 aromatic rings. The summed E-state index contributed by atoms with van der Waals surface area (Å²) in [5.74, 6) is -2.15. The van der Waals surface area contributed by atoms with Gasteiger partial charge in [0, 0.05) is 33.8 Å². The van der Waals surface area contributed by atoms with E-state index in [2.05, 4.69) is 21.2 Å². The molecule has 1 fully saturated rings. The maximum absolute atomic E-state index is 12.4. The van der Waals surface area contributed by atoms with Crippen molar-refractivity contribution < 1.29 is 18.6 Å². The van der Waals surface area contributed by atoms with Crippen LogP contribution >= 0.6 is 15.9 Å². The number of halogens is 1. The molecule has 0 bridgehead atoms. The molecular weight excluding hydrogens is 360 g/mol. The van der Waals surface area contributed by atoms with Gasteiger partial charge in [0.1, 0.15) is 5.92 Å². The lowest BCUT2D eigenvalue weighted by Gasteiger charge is -2.30. The number of carbonyl (C=O) groups is 3. The topological polar surface area (TPSA) is 83.6 Å². The van der Waals surface area contributed by atoms with Gasteiger partial charge in [-0.25, -0.2) is 4.79 Å². The quantitative estimate of drug-likeness (QED) is 0.798. The molecule has 112 valence electrons. The van der Waals surface area contributed by atoms with Gasteiger partial charge in [0.2, 0.25) is 11.8 Å². The van der Waals surface area contributed by atoms with Gasteiger partial charge < -0.3 is 0 Å². The molecule has 0 radical (unpaired) electrons. The van der Waals surface area contributed by atoms with Gasteiger partial charge >= 0.3 is 6.03 Å². The number of amides is 4. The summed E-state index contributed by atoms with van der Waals surface area (Å²) >= 11 is 3.30. The largest absolute Gasteiger partial charge is 0.330 e. The first-order valence-electron chi connectivity index (χ1n) is 6.12. The summed E-state index contributed by atoms with van der Waals surface area (Å²) in [5.41, 5.74) is 0.495. The number of benzene rings is 1. The van der Waals surface area contributed by atoms with Gasteiger partial charge in [0.15, 0.2) is 0 Å². The molecule has 1 N–H and O–H groups in total. The van der Waals surface area contributed by atoms with E-state index in [9.17, 15) is 18.6 Å². The number of nitrogens with zero attached hydrogens (tertiary/aromatic N) is 1.